The van der Waals surface area contributed by atoms with Crippen molar-refractivity contribution in [2.45, 2.75) is 84.3 Å². The smallest absolute Gasteiger partial charge is 0.383 e. The van der Waals surface area contributed by atoms with Gasteiger partial charge >= 0.3 is 6.18 Å². The Morgan fingerprint density at radius 2 is 0.981 bits per heavy atom. The van der Waals surface area contributed by atoms with Gasteiger partial charge < -0.3 is 51.3 Å². The number of likely N-dealkylation sites (tertiary alicyclic amines) is 1. The summed E-state index contributed by atoms with van der Waals surface area (Å²) in [6.45, 7) is 20.7. The van der Waals surface area contributed by atoms with E-state index in [4.69, 9.17) is 4.74 Å². The number of rotatable bonds is 17. The number of anilines is 7. The van der Waals surface area contributed by atoms with Crippen LogP contribution in [0, 0.1) is 0 Å². The van der Waals surface area contributed by atoms with Gasteiger partial charge in [-0.05, 0) is 220 Å². The normalized spacial score (nSPS) is 15.1. The summed E-state index contributed by atoms with van der Waals surface area (Å²) in [4.78, 5) is 58.4. The topological polar surface area (TPSA) is 197 Å². The summed E-state index contributed by atoms with van der Waals surface area (Å²) in [7, 11) is 3.40. The van der Waals surface area contributed by atoms with E-state index in [1.54, 1.807) is 43.6 Å². The first-order chi connectivity index (χ1) is 52.3. The van der Waals surface area contributed by atoms with E-state index in [9.17, 15) is 27.6 Å². The molecule has 6 N–H and O–H groups in total. The summed E-state index contributed by atoms with van der Waals surface area (Å²) in [5.41, 5.74) is 21.6. The van der Waals surface area contributed by atoms with E-state index in [1.165, 1.54) is 48.7 Å². The molecular formula is C85H87F3N16O4. The monoisotopic (exact) mass is 1450 g/mol. The van der Waals surface area contributed by atoms with Crippen LogP contribution in [0.2, 0.25) is 0 Å². The second-order valence-corrected chi connectivity index (χ2v) is 28.6. The van der Waals surface area contributed by atoms with E-state index in [0.29, 0.717) is 85.5 Å². The van der Waals surface area contributed by atoms with Gasteiger partial charge in [0.05, 0.1) is 46.3 Å². The van der Waals surface area contributed by atoms with E-state index < -0.39 is 11.7 Å². The minimum absolute atomic E-state index is 0.00547. The molecule has 5 aliphatic rings. The molecule has 5 aliphatic heterocycles. The number of carbonyl (C=O) groups is 3. The molecular weight excluding hydrogens is 1370 g/mol. The molecule has 0 bridgehead atoms. The van der Waals surface area contributed by atoms with Crippen molar-refractivity contribution in [3.05, 3.63) is 252 Å². The Hall–Kier alpha value is -11.8. The minimum atomic E-state index is -4.49. The Balaban J connectivity index is 0.000000130. The Bertz CT molecular complexity index is 5360. The molecule has 23 heteroatoms. The number of piperidine rings is 1. The first-order valence-electron chi connectivity index (χ1n) is 36.8. The number of ether oxygens (including phenoxy) is 1. The second kappa shape index (κ2) is 30.6. The van der Waals surface area contributed by atoms with Crippen molar-refractivity contribution >= 4 is 80.2 Å². The largest absolute Gasteiger partial charge is 0.418 e. The number of imidazole rings is 3. The van der Waals surface area contributed by atoms with Crippen LogP contribution < -0.4 is 36.8 Å². The zero-order chi connectivity index (χ0) is 74.9. The number of benzene rings is 6. The number of methoxy groups -OCH3 is 1. The van der Waals surface area contributed by atoms with Crippen molar-refractivity contribution in [2.24, 2.45) is 0 Å². The Morgan fingerprint density at radius 3 is 1.45 bits per heavy atom. The van der Waals surface area contributed by atoms with Gasteiger partial charge in [-0.25, -0.2) is 15.0 Å². The van der Waals surface area contributed by atoms with E-state index in [0.717, 1.165) is 110 Å². The maximum atomic E-state index is 14.2. The van der Waals surface area contributed by atoms with E-state index in [2.05, 4.69) is 166 Å². The first kappa shape index (κ1) is 71.8. The highest BCUT2D eigenvalue weighted by atomic mass is 19.4. The van der Waals surface area contributed by atoms with Gasteiger partial charge in [0, 0.05) is 166 Å². The molecule has 552 valence electrons. The molecule has 11 heterocycles. The summed E-state index contributed by atoms with van der Waals surface area (Å²) in [5.74, 6) is 0.545. The van der Waals surface area contributed by atoms with Gasteiger partial charge in [0.1, 0.15) is 0 Å². The number of amides is 3. The van der Waals surface area contributed by atoms with Gasteiger partial charge in [0.2, 0.25) is 0 Å². The minimum Gasteiger partial charge on any atom is -0.383 e. The fourth-order valence-electron chi connectivity index (χ4n) is 15.2. The maximum absolute atomic E-state index is 14.2. The van der Waals surface area contributed by atoms with Crippen LogP contribution in [-0.2, 0) is 30.5 Å². The summed E-state index contributed by atoms with van der Waals surface area (Å²) >= 11 is 0. The number of nitrogens with one attached hydrogen (secondary N) is 6. The molecule has 0 atom stereocenters. The van der Waals surface area contributed by atoms with Crippen molar-refractivity contribution in [1.82, 2.24) is 58.8 Å². The molecule has 0 radical (unpaired) electrons. The number of nitrogens with zero attached hydrogens (tertiary/aromatic N) is 10. The van der Waals surface area contributed by atoms with E-state index in [1.807, 2.05) is 107 Å². The van der Waals surface area contributed by atoms with Gasteiger partial charge in [0.15, 0.2) is 16.9 Å². The predicted molar refractivity (Wildman–Crippen MR) is 421 cm³/mol. The third kappa shape index (κ3) is 14.9. The SMILES string of the molecule is C=C1NCc2cc(-c3ccc(Nc4ccc(C(=O)N(C)CCOC)cc4)c4nccn34)ccc21.CC(C)N1CCC(c2ccc(Nc3ccc(-c4ccc5c(c4)CNC5=O)n4ccnc34)cc2)CC1.CC(C)N1CCN(c2ccc(Nc3ccc(-c4ccc5c(c4)CNC5=O)n4ccnc34)cc2C(F)(F)F)CC1. The molecule has 17 rings (SSSR count). The van der Waals surface area contributed by atoms with Crippen molar-refractivity contribution in [2.75, 3.05) is 87.4 Å². The van der Waals surface area contributed by atoms with E-state index in [-0.39, 0.29) is 23.4 Å². The molecule has 0 aliphatic carbocycles. The molecule has 6 aromatic heterocycles. The highest BCUT2D eigenvalue weighted by molar-refractivity contribution is 6.00. The maximum Gasteiger partial charge on any atom is 0.418 e. The summed E-state index contributed by atoms with van der Waals surface area (Å²) in [6.07, 6.45) is 9.03. The standard InChI is InChI=1S/C29H29F3N6O.C29H31N5O.C27H27N5O2/c1-18(2)36-11-13-37(14-12-36)26-7-4-21(16-23(26)29(30,31)32)35-24-6-8-25(38-10-9-33-27(24)38)19-3-5-22-20(15-19)17-34-28(22)39;1-19(2)33-14-11-21(12-15-33)20-3-6-24(7-4-20)32-26-9-10-27(34-16-13-30-28(26)34)22-5-8-25-23(17-22)18-31-29(25)35;1-18-23-9-6-20(16-21(23)17-29-18)25-11-10-24(26-28-12-13-32(25)26)30-22-7-4-19(5-8-22)27(33)31(2)14-15-34-3/h3-10,15-16,18,35H,11-14,17H2,1-2H3,(H,34,39);3-10,13,16-17,19,21,32H,11-12,14-15,18H2,1-2H3,(H,31,35);4-13,16,29-30H,1,14-15,17H2,2-3H3. The molecule has 12 aromatic rings. The number of aromatic nitrogens is 6. The van der Waals surface area contributed by atoms with Crippen LogP contribution in [0.15, 0.2) is 201 Å². The lowest BCUT2D eigenvalue weighted by atomic mass is 9.89. The molecule has 20 nitrogen and oxygen atoms in total. The lowest BCUT2D eigenvalue weighted by Gasteiger charge is -2.39. The number of halogens is 3. The van der Waals surface area contributed by atoms with Crippen molar-refractivity contribution < 1.29 is 32.3 Å². The lowest BCUT2D eigenvalue weighted by Crippen LogP contribution is -2.49. The van der Waals surface area contributed by atoms with Gasteiger partial charge in [-0.3, -0.25) is 32.5 Å². The number of alkyl halides is 3. The molecule has 6 aromatic carbocycles. The number of hydrogen-bond acceptors (Lipinski definition) is 14. The van der Waals surface area contributed by atoms with Crippen LogP contribution in [-0.4, -0.2) is 139 Å². The van der Waals surface area contributed by atoms with Gasteiger partial charge in [-0.2, -0.15) is 13.2 Å². The lowest BCUT2D eigenvalue weighted by molar-refractivity contribution is -0.137. The average molecular weight is 1450 g/mol. The second-order valence-electron chi connectivity index (χ2n) is 28.6. The molecule has 0 spiro atoms. The van der Waals surface area contributed by atoms with Crippen LogP contribution in [0.1, 0.15) is 111 Å². The quantitative estimate of drug-likeness (QED) is 0.0503. The first-order valence-corrected chi connectivity index (χ1v) is 36.8. The van der Waals surface area contributed by atoms with E-state index >= 15 is 0 Å². The number of fused-ring (bicyclic) bond motifs is 6. The number of piperazine rings is 1. The van der Waals surface area contributed by atoms with Crippen LogP contribution in [0.25, 0.3) is 56.4 Å². The zero-order valence-corrected chi connectivity index (χ0v) is 61.3. The van der Waals surface area contributed by atoms with Crippen LogP contribution in [0.4, 0.5) is 53.0 Å². The van der Waals surface area contributed by atoms with Crippen molar-refractivity contribution in [3.8, 4) is 33.8 Å². The average Bonchev–Trinajstić information content (AvgIpc) is 1.60. The molecule has 0 saturated carbocycles. The van der Waals surface area contributed by atoms with Crippen LogP contribution in [0.5, 0.6) is 0 Å². The molecule has 108 heavy (non-hydrogen) atoms. The third-order valence-electron chi connectivity index (χ3n) is 21.3. The predicted octanol–water partition coefficient (Wildman–Crippen LogP) is 15.7. The zero-order valence-electron chi connectivity index (χ0n) is 61.3. The number of pyridine rings is 3. The summed E-state index contributed by atoms with van der Waals surface area (Å²) < 4.78 is 53.7. The Morgan fingerprint density at radius 1 is 0.546 bits per heavy atom. The van der Waals surface area contributed by atoms with Gasteiger partial charge in [-0.1, -0.05) is 43.0 Å². The van der Waals surface area contributed by atoms with Crippen molar-refractivity contribution in [3.63, 3.8) is 0 Å². The van der Waals surface area contributed by atoms with Gasteiger partial charge in [-0.15, -0.1) is 0 Å². The third-order valence-corrected chi connectivity index (χ3v) is 21.3. The number of carbonyl (C=O) groups excluding carboxylic acids is 3. The highest BCUT2D eigenvalue weighted by Crippen LogP contribution is 2.41. The fraction of sp³-hybridized carbons (Fsp3) is 0.271. The van der Waals surface area contributed by atoms with Gasteiger partial charge in [0.25, 0.3) is 17.7 Å². The van der Waals surface area contributed by atoms with Crippen LogP contribution in [0.3, 0.4) is 0 Å². The van der Waals surface area contributed by atoms with Crippen molar-refractivity contribution in [1.29, 1.82) is 0 Å². The molecule has 2 fully saturated rings. The molecule has 2 saturated heterocycles. The summed E-state index contributed by atoms with van der Waals surface area (Å²) in [5, 5.41) is 19.2. The van der Waals surface area contributed by atoms with Crippen LogP contribution >= 0.6 is 0 Å². The Labute approximate surface area is 625 Å². The highest BCUT2D eigenvalue weighted by Gasteiger charge is 2.37. The Kier molecular flexibility index (Phi) is 20.3. The number of likely N-dealkylation sites (N-methyl/N-ethyl adjacent to an activating group) is 1. The molecule has 0 unspecified atom stereocenters. The number of hydrogen-bond donors (Lipinski definition) is 6. The molecule has 3 amide bonds. The fourth-order valence-corrected chi connectivity index (χ4v) is 15.2. The summed E-state index contributed by atoms with van der Waals surface area (Å²) in [6, 6.07) is 52.0.